The second-order valence-electron chi connectivity index (χ2n) is 4.84. The van der Waals surface area contributed by atoms with E-state index in [1.807, 2.05) is 12.1 Å². The van der Waals surface area contributed by atoms with E-state index in [2.05, 4.69) is 16.5 Å². The van der Waals surface area contributed by atoms with Crippen molar-refractivity contribution in [3.05, 3.63) is 18.0 Å². The molecule has 1 unspecified atom stereocenters. The highest BCUT2D eigenvalue weighted by molar-refractivity contribution is 6.17. The first-order valence-corrected chi connectivity index (χ1v) is 7.37. The maximum Gasteiger partial charge on any atom is 0.163 e. The lowest BCUT2D eigenvalue weighted by molar-refractivity contribution is 0.162. The van der Waals surface area contributed by atoms with E-state index in [9.17, 15) is 0 Å². The monoisotopic (exact) mass is 312 g/mol. The number of ether oxygens (including phenoxy) is 3. The molecule has 1 heterocycles. The van der Waals surface area contributed by atoms with Crippen molar-refractivity contribution >= 4 is 22.6 Å². The van der Waals surface area contributed by atoms with Crippen LogP contribution in [0.25, 0.3) is 11.0 Å². The summed E-state index contributed by atoms with van der Waals surface area (Å²) in [6.45, 7) is 2.70. The second-order valence-corrected chi connectivity index (χ2v) is 5.22. The first-order valence-electron chi connectivity index (χ1n) is 6.84. The number of fused-ring (bicyclic) bond motifs is 1. The molecule has 0 N–H and O–H groups in total. The Balaban J connectivity index is 2.63. The van der Waals surface area contributed by atoms with Crippen molar-refractivity contribution in [1.29, 1.82) is 0 Å². The van der Waals surface area contributed by atoms with Gasteiger partial charge in [0.15, 0.2) is 11.5 Å². The van der Waals surface area contributed by atoms with Gasteiger partial charge < -0.3 is 18.8 Å². The van der Waals surface area contributed by atoms with E-state index in [0.29, 0.717) is 30.4 Å². The Morgan fingerprint density at radius 1 is 1.19 bits per heavy atom. The van der Waals surface area contributed by atoms with E-state index in [0.717, 1.165) is 16.9 Å². The van der Waals surface area contributed by atoms with E-state index in [1.165, 1.54) is 0 Å². The lowest BCUT2D eigenvalue weighted by atomic mass is 10.2. The Bertz CT molecular complexity index is 612. The van der Waals surface area contributed by atoms with E-state index >= 15 is 0 Å². The molecular weight excluding hydrogens is 292 g/mol. The van der Waals surface area contributed by atoms with Gasteiger partial charge in [-0.2, -0.15) is 0 Å². The molecule has 1 aromatic heterocycles. The summed E-state index contributed by atoms with van der Waals surface area (Å²) in [6.07, 6.45) is 0.703. The van der Waals surface area contributed by atoms with E-state index in [1.54, 1.807) is 21.3 Å². The quantitative estimate of drug-likeness (QED) is 0.737. The molecule has 0 saturated carbocycles. The minimum absolute atomic E-state index is 0.163. The van der Waals surface area contributed by atoms with E-state index < -0.39 is 0 Å². The fourth-order valence-corrected chi connectivity index (χ4v) is 2.71. The predicted octanol–water partition coefficient (Wildman–Crippen LogP) is 3.04. The summed E-state index contributed by atoms with van der Waals surface area (Å²) in [6, 6.07) is 4.00. The summed E-state index contributed by atoms with van der Waals surface area (Å²) < 4.78 is 18.2. The van der Waals surface area contributed by atoms with Gasteiger partial charge in [-0.05, 0) is 6.92 Å². The Labute approximate surface area is 129 Å². The normalized spacial score (nSPS) is 12.6. The number of aryl methyl sites for hydroxylation is 1. The molecule has 0 aliphatic carbocycles. The highest BCUT2D eigenvalue weighted by atomic mass is 35.5. The predicted molar refractivity (Wildman–Crippen MR) is 83.8 cm³/mol. The van der Waals surface area contributed by atoms with Crippen molar-refractivity contribution in [1.82, 2.24) is 9.55 Å². The molecule has 0 aliphatic rings. The Morgan fingerprint density at radius 2 is 1.86 bits per heavy atom. The van der Waals surface area contributed by atoms with Gasteiger partial charge in [0.2, 0.25) is 0 Å². The molecule has 1 atom stereocenters. The van der Waals surface area contributed by atoms with Crippen molar-refractivity contribution in [3.63, 3.8) is 0 Å². The topological polar surface area (TPSA) is 45.5 Å². The van der Waals surface area contributed by atoms with Gasteiger partial charge >= 0.3 is 0 Å². The maximum atomic E-state index is 5.90. The summed E-state index contributed by atoms with van der Waals surface area (Å²) in [4.78, 5) is 4.68. The van der Waals surface area contributed by atoms with Gasteiger partial charge in [-0.1, -0.05) is 0 Å². The Hall–Kier alpha value is -1.46. The fourth-order valence-electron chi connectivity index (χ4n) is 2.54. The third kappa shape index (κ3) is 3.09. The minimum Gasteiger partial charge on any atom is -0.493 e. The molecule has 0 bridgehead atoms. The van der Waals surface area contributed by atoms with Gasteiger partial charge in [0.1, 0.15) is 5.82 Å². The van der Waals surface area contributed by atoms with Crippen LogP contribution < -0.4 is 9.47 Å². The number of imidazole rings is 1. The Kier molecular flexibility index (Phi) is 5.31. The average Bonchev–Trinajstić information content (AvgIpc) is 2.83. The lowest BCUT2D eigenvalue weighted by Gasteiger charge is -2.17. The molecule has 0 amide bonds. The fraction of sp³-hybridized carbons (Fsp3) is 0.533. The number of alkyl halides is 1. The second kappa shape index (κ2) is 7.00. The van der Waals surface area contributed by atoms with Crippen molar-refractivity contribution in [3.8, 4) is 11.5 Å². The zero-order valence-corrected chi connectivity index (χ0v) is 13.6. The molecule has 0 fully saturated rings. The first kappa shape index (κ1) is 15.9. The first-order chi connectivity index (χ1) is 10.2. The highest BCUT2D eigenvalue weighted by Crippen LogP contribution is 2.33. The highest BCUT2D eigenvalue weighted by Gasteiger charge is 2.18. The van der Waals surface area contributed by atoms with Crippen LogP contribution in [0.1, 0.15) is 18.8 Å². The largest absolute Gasteiger partial charge is 0.493 e. The average molecular weight is 313 g/mol. The van der Waals surface area contributed by atoms with Crippen LogP contribution in [0.3, 0.4) is 0 Å². The third-order valence-electron chi connectivity index (χ3n) is 3.43. The molecular formula is C15H21ClN2O3. The number of methoxy groups -OCH3 is 3. The van der Waals surface area contributed by atoms with Crippen LogP contribution in [-0.4, -0.2) is 43.4 Å². The number of aromatic nitrogens is 2. The van der Waals surface area contributed by atoms with Crippen LogP contribution in [0.5, 0.6) is 11.5 Å². The molecule has 1 aromatic carbocycles. The van der Waals surface area contributed by atoms with Gasteiger partial charge in [-0.25, -0.2) is 4.98 Å². The molecule has 2 aromatic rings. The van der Waals surface area contributed by atoms with Crippen LogP contribution in [-0.2, 0) is 11.2 Å². The summed E-state index contributed by atoms with van der Waals surface area (Å²) in [5.74, 6) is 2.83. The molecule has 6 heteroatoms. The van der Waals surface area contributed by atoms with Crippen molar-refractivity contribution in [2.75, 3.05) is 33.8 Å². The van der Waals surface area contributed by atoms with Gasteiger partial charge in [0.25, 0.3) is 0 Å². The summed E-state index contributed by atoms with van der Waals surface area (Å²) in [5.41, 5.74) is 1.87. The molecule has 0 spiro atoms. The number of hydrogen-bond acceptors (Lipinski definition) is 4. The lowest BCUT2D eigenvalue weighted by Crippen LogP contribution is -2.14. The van der Waals surface area contributed by atoms with Crippen LogP contribution in [0.4, 0.5) is 0 Å². The van der Waals surface area contributed by atoms with Crippen LogP contribution in [0, 0.1) is 0 Å². The van der Waals surface area contributed by atoms with Gasteiger partial charge in [-0.3, -0.25) is 0 Å². The third-order valence-corrected chi connectivity index (χ3v) is 3.62. The summed E-state index contributed by atoms with van der Waals surface area (Å²) in [7, 11) is 4.94. The Morgan fingerprint density at radius 3 is 2.43 bits per heavy atom. The maximum absolute atomic E-state index is 5.90. The minimum atomic E-state index is 0.163. The zero-order chi connectivity index (χ0) is 15.4. The van der Waals surface area contributed by atoms with Crippen molar-refractivity contribution in [2.45, 2.75) is 19.4 Å². The molecule has 116 valence electrons. The van der Waals surface area contributed by atoms with Gasteiger partial charge in [-0.15, -0.1) is 11.6 Å². The smallest absolute Gasteiger partial charge is 0.163 e. The van der Waals surface area contributed by atoms with E-state index in [4.69, 9.17) is 25.8 Å². The van der Waals surface area contributed by atoms with Crippen LogP contribution >= 0.6 is 11.6 Å². The molecule has 0 saturated heterocycles. The number of nitrogens with zero attached hydrogens (tertiary/aromatic N) is 2. The summed E-state index contributed by atoms with van der Waals surface area (Å²) in [5, 5.41) is 0. The molecule has 0 aliphatic heterocycles. The number of hydrogen-bond donors (Lipinski definition) is 0. The SMILES string of the molecule is COCC(C)n1c(CCCl)nc2cc(OC)c(OC)cc21. The van der Waals surface area contributed by atoms with Gasteiger partial charge in [0, 0.05) is 31.5 Å². The summed E-state index contributed by atoms with van der Waals surface area (Å²) >= 11 is 5.90. The van der Waals surface area contributed by atoms with Crippen molar-refractivity contribution in [2.24, 2.45) is 0 Å². The number of halogens is 1. The molecule has 0 radical (unpaired) electrons. The number of benzene rings is 1. The van der Waals surface area contributed by atoms with E-state index in [-0.39, 0.29) is 6.04 Å². The van der Waals surface area contributed by atoms with Crippen LogP contribution in [0.15, 0.2) is 12.1 Å². The molecule has 21 heavy (non-hydrogen) atoms. The van der Waals surface area contributed by atoms with Gasteiger partial charge in [0.05, 0.1) is 37.9 Å². The standard InChI is InChI=1S/C15H21ClN2O3/c1-10(9-19-2)18-12-8-14(21-4)13(20-3)7-11(12)17-15(18)5-6-16/h7-8,10H,5-6,9H2,1-4H3. The number of rotatable bonds is 7. The van der Waals surface area contributed by atoms with Crippen LogP contribution in [0.2, 0.25) is 0 Å². The zero-order valence-electron chi connectivity index (χ0n) is 12.9. The molecule has 5 nitrogen and oxygen atoms in total. The van der Waals surface area contributed by atoms with Crippen molar-refractivity contribution < 1.29 is 14.2 Å². The molecule has 2 rings (SSSR count).